The molecule has 3 N–H and O–H groups in total. The SMILES string of the molecule is CNc1cc(-c2cc(Br)ccc2OC)nc(N)n1. The molecule has 1 aromatic heterocycles. The number of nitrogens with one attached hydrogen (secondary N) is 1. The summed E-state index contributed by atoms with van der Waals surface area (Å²) in [5.41, 5.74) is 7.26. The molecule has 0 amide bonds. The predicted molar refractivity (Wildman–Crippen MR) is 75.7 cm³/mol. The Balaban J connectivity index is 2.60. The number of hydrogen-bond donors (Lipinski definition) is 2. The van der Waals surface area contributed by atoms with Gasteiger partial charge in [-0.2, -0.15) is 4.98 Å². The number of nitrogens with two attached hydrogens (primary N) is 1. The number of methoxy groups -OCH3 is 1. The molecule has 94 valence electrons. The van der Waals surface area contributed by atoms with Gasteiger partial charge in [-0.05, 0) is 18.2 Å². The highest BCUT2D eigenvalue weighted by atomic mass is 79.9. The van der Waals surface area contributed by atoms with Crippen LogP contribution in [0, 0.1) is 0 Å². The fraction of sp³-hybridized carbons (Fsp3) is 0.167. The summed E-state index contributed by atoms with van der Waals surface area (Å²) in [6.07, 6.45) is 0. The Labute approximate surface area is 114 Å². The van der Waals surface area contributed by atoms with Gasteiger partial charge in [-0.3, -0.25) is 0 Å². The number of halogens is 1. The van der Waals surface area contributed by atoms with E-state index in [9.17, 15) is 0 Å². The Morgan fingerprint density at radius 1 is 1.28 bits per heavy atom. The zero-order valence-electron chi connectivity index (χ0n) is 10.1. The Morgan fingerprint density at radius 3 is 2.72 bits per heavy atom. The van der Waals surface area contributed by atoms with Crippen LogP contribution in [0.4, 0.5) is 11.8 Å². The van der Waals surface area contributed by atoms with Gasteiger partial charge in [0.1, 0.15) is 11.6 Å². The number of benzene rings is 1. The van der Waals surface area contributed by atoms with Gasteiger partial charge in [0.15, 0.2) is 0 Å². The van der Waals surface area contributed by atoms with Gasteiger partial charge in [0.2, 0.25) is 5.95 Å². The Morgan fingerprint density at radius 2 is 2.06 bits per heavy atom. The quantitative estimate of drug-likeness (QED) is 0.911. The first-order valence-electron chi connectivity index (χ1n) is 5.30. The van der Waals surface area contributed by atoms with E-state index in [-0.39, 0.29) is 5.95 Å². The van der Waals surface area contributed by atoms with E-state index in [1.807, 2.05) is 24.3 Å². The van der Waals surface area contributed by atoms with E-state index in [0.29, 0.717) is 11.5 Å². The molecule has 1 heterocycles. The Hall–Kier alpha value is -1.82. The van der Waals surface area contributed by atoms with Crippen molar-refractivity contribution in [2.45, 2.75) is 0 Å². The van der Waals surface area contributed by atoms with Gasteiger partial charge in [0.05, 0.1) is 12.8 Å². The van der Waals surface area contributed by atoms with Crippen LogP contribution in [-0.4, -0.2) is 24.1 Å². The average Bonchev–Trinajstić information content (AvgIpc) is 2.38. The van der Waals surface area contributed by atoms with Crippen LogP contribution < -0.4 is 15.8 Å². The molecule has 0 bridgehead atoms. The number of nitrogens with zero attached hydrogens (tertiary/aromatic N) is 2. The lowest BCUT2D eigenvalue weighted by Crippen LogP contribution is -2.01. The minimum absolute atomic E-state index is 0.221. The van der Waals surface area contributed by atoms with Crippen molar-refractivity contribution in [1.29, 1.82) is 0 Å². The lowest BCUT2D eigenvalue weighted by Gasteiger charge is -2.10. The van der Waals surface area contributed by atoms with Gasteiger partial charge in [-0.1, -0.05) is 15.9 Å². The molecule has 6 heteroatoms. The molecule has 0 unspecified atom stereocenters. The van der Waals surface area contributed by atoms with E-state index < -0.39 is 0 Å². The second kappa shape index (κ2) is 5.22. The Bertz CT molecular complexity index is 574. The first kappa shape index (κ1) is 12.6. The van der Waals surface area contributed by atoms with Crippen molar-refractivity contribution in [3.8, 4) is 17.0 Å². The first-order valence-corrected chi connectivity index (χ1v) is 6.09. The second-order valence-corrected chi connectivity index (χ2v) is 4.51. The molecular formula is C12H13BrN4O. The lowest BCUT2D eigenvalue weighted by molar-refractivity contribution is 0.416. The highest BCUT2D eigenvalue weighted by Crippen LogP contribution is 2.32. The zero-order chi connectivity index (χ0) is 13.1. The molecule has 0 aliphatic rings. The zero-order valence-corrected chi connectivity index (χ0v) is 11.7. The molecule has 2 rings (SSSR count). The van der Waals surface area contributed by atoms with Crippen LogP contribution in [0.15, 0.2) is 28.7 Å². The number of anilines is 2. The third-order valence-corrected chi connectivity index (χ3v) is 2.93. The lowest BCUT2D eigenvalue weighted by atomic mass is 10.1. The maximum Gasteiger partial charge on any atom is 0.222 e. The first-order chi connectivity index (χ1) is 8.63. The molecule has 18 heavy (non-hydrogen) atoms. The average molecular weight is 309 g/mol. The standard InChI is InChI=1S/C12H13BrN4O/c1-15-11-6-9(16-12(14)17-11)8-5-7(13)3-4-10(8)18-2/h3-6H,1-2H3,(H3,14,15,16,17). The minimum atomic E-state index is 0.221. The van der Waals surface area contributed by atoms with Gasteiger partial charge in [0.25, 0.3) is 0 Å². The highest BCUT2D eigenvalue weighted by molar-refractivity contribution is 9.10. The maximum absolute atomic E-state index is 5.69. The van der Waals surface area contributed by atoms with Crippen molar-refractivity contribution in [1.82, 2.24) is 9.97 Å². The van der Waals surface area contributed by atoms with Gasteiger partial charge in [0, 0.05) is 23.2 Å². The van der Waals surface area contributed by atoms with E-state index in [1.54, 1.807) is 14.2 Å². The summed E-state index contributed by atoms with van der Waals surface area (Å²) in [4.78, 5) is 8.29. The molecule has 0 fully saturated rings. The fourth-order valence-electron chi connectivity index (χ4n) is 1.61. The third kappa shape index (κ3) is 2.53. The van der Waals surface area contributed by atoms with Crippen LogP contribution in [0.1, 0.15) is 0 Å². The van der Waals surface area contributed by atoms with Crippen molar-refractivity contribution in [3.63, 3.8) is 0 Å². The normalized spacial score (nSPS) is 10.2. The van der Waals surface area contributed by atoms with Gasteiger partial charge >= 0.3 is 0 Å². The predicted octanol–water partition coefficient (Wildman–Crippen LogP) is 2.54. The number of rotatable bonds is 3. The third-order valence-electron chi connectivity index (χ3n) is 2.44. The Kier molecular flexibility index (Phi) is 3.66. The van der Waals surface area contributed by atoms with Crippen molar-refractivity contribution in [2.75, 3.05) is 25.2 Å². The van der Waals surface area contributed by atoms with Crippen molar-refractivity contribution < 1.29 is 4.74 Å². The van der Waals surface area contributed by atoms with Crippen molar-refractivity contribution in [2.24, 2.45) is 0 Å². The monoisotopic (exact) mass is 308 g/mol. The summed E-state index contributed by atoms with van der Waals surface area (Å²) in [5, 5.41) is 2.95. The number of nitrogen functional groups attached to an aromatic ring is 1. The van der Waals surface area contributed by atoms with Crippen LogP contribution in [0.5, 0.6) is 5.75 Å². The fourth-order valence-corrected chi connectivity index (χ4v) is 1.97. The van der Waals surface area contributed by atoms with Crippen molar-refractivity contribution >= 4 is 27.7 Å². The van der Waals surface area contributed by atoms with E-state index in [0.717, 1.165) is 15.8 Å². The molecule has 0 aliphatic carbocycles. The summed E-state index contributed by atoms with van der Waals surface area (Å²) in [6.45, 7) is 0. The van der Waals surface area contributed by atoms with Gasteiger partial charge < -0.3 is 15.8 Å². The molecule has 0 aliphatic heterocycles. The summed E-state index contributed by atoms with van der Waals surface area (Å²) >= 11 is 3.43. The van der Waals surface area contributed by atoms with Gasteiger partial charge in [-0.25, -0.2) is 4.98 Å². The van der Waals surface area contributed by atoms with E-state index in [1.165, 1.54) is 0 Å². The van der Waals surface area contributed by atoms with E-state index in [4.69, 9.17) is 10.5 Å². The molecule has 5 nitrogen and oxygen atoms in total. The van der Waals surface area contributed by atoms with E-state index >= 15 is 0 Å². The second-order valence-electron chi connectivity index (χ2n) is 3.59. The molecule has 1 aromatic carbocycles. The molecular weight excluding hydrogens is 296 g/mol. The molecule has 0 atom stereocenters. The largest absolute Gasteiger partial charge is 0.496 e. The molecule has 2 aromatic rings. The number of ether oxygens (including phenoxy) is 1. The van der Waals surface area contributed by atoms with Crippen molar-refractivity contribution in [3.05, 3.63) is 28.7 Å². The molecule has 0 saturated heterocycles. The minimum Gasteiger partial charge on any atom is -0.496 e. The summed E-state index contributed by atoms with van der Waals surface area (Å²) < 4.78 is 6.27. The number of aromatic nitrogens is 2. The number of hydrogen-bond acceptors (Lipinski definition) is 5. The van der Waals surface area contributed by atoms with Crippen LogP contribution in [0.3, 0.4) is 0 Å². The topological polar surface area (TPSA) is 73.1 Å². The highest BCUT2D eigenvalue weighted by Gasteiger charge is 2.10. The molecule has 0 saturated carbocycles. The molecule has 0 radical (unpaired) electrons. The summed E-state index contributed by atoms with van der Waals surface area (Å²) in [6, 6.07) is 7.53. The summed E-state index contributed by atoms with van der Waals surface area (Å²) in [7, 11) is 3.40. The van der Waals surface area contributed by atoms with Crippen LogP contribution in [-0.2, 0) is 0 Å². The van der Waals surface area contributed by atoms with Crippen LogP contribution in [0.2, 0.25) is 0 Å². The van der Waals surface area contributed by atoms with Crippen LogP contribution in [0.25, 0.3) is 11.3 Å². The molecule has 0 spiro atoms. The van der Waals surface area contributed by atoms with Gasteiger partial charge in [-0.15, -0.1) is 0 Å². The van der Waals surface area contributed by atoms with Crippen LogP contribution >= 0.6 is 15.9 Å². The summed E-state index contributed by atoms with van der Waals surface area (Å²) in [5.74, 6) is 1.62. The maximum atomic E-state index is 5.69. The smallest absolute Gasteiger partial charge is 0.222 e. The van der Waals surface area contributed by atoms with E-state index in [2.05, 4.69) is 31.2 Å².